The molecule has 86 valence electrons. The van der Waals surface area contributed by atoms with Gasteiger partial charge in [-0.2, -0.15) is 0 Å². The minimum atomic E-state index is 0.123. The van der Waals surface area contributed by atoms with Crippen LogP contribution in [0.3, 0.4) is 0 Å². The molecule has 0 aromatic heterocycles. The third-order valence-corrected chi connectivity index (χ3v) is 4.29. The summed E-state index contributed by atoms with van der Waals surface area (Å²) in [5.41, 5.74) is 0. The highest BCUT2D eigenvalue weighted by molar-refractivity contribution is 5.34. The molecule has 0 N–H and O–H groups in total. The molecule has 0 aliphatic heterocycles. The lowest BCUT2D eigenvalue weighted by Crippen LogP contribution is -2.32. The Hall–Kier alpha value is -1.24. The minimum Gasteiger partial charge on any atom is -0.211 e. The van der Waals surface area contributed by atoms with E-state index in [-0.39, 0.29) is 12.1 Å². The molecule has 2 rings (SSSR count). The third kappa shape index (κ3) is 1.99. The molecule has 2 saturated carbocycles. The SMILES string of the molecule is CC1C(N=C=O)CCC2CC(N=C=O)CC21. The molecule has 5 atom stereocenters. The maximum atomic E-state index is 10.3. The summed E-state index contributed by atoms with van der Waals surface area (Å²) in [6, 6.07) is 0.270. The zero-order valence-corrected chi connectivity index (χ0v) is 9.43. The van der Waals surface area contributed by atoms with Crippen LogP contribution < -0.4 is 0 Å². The summed E-state index contributed by atoms with van der Waals surface area (Å²) in [7, 11) is 0. The first-order chi connectivity index (χ1) is 7.76. The van der Waals surface area contributed by atoms with E-state index < -0.39 is 0 Å². The van der Waals surface area contributed by atoms with Crippen molar-refractivity contribution in [2.24, 2.45) is 27.7 Å². The van der Waals surface area contributed by atoms with Crippen LogP contribution in [-0.2, 0) is 9.59 Å². The van der Waals surface area contributed by atoms with E-state index in [2.05, 4.69) is 16.9 Å². The molecule has 2 aliphatic carbocycles. The smallest absolute Gasteiger partial charge is 0.211 e. The summed E-state index contributed by atoms with van der Waals surface area (Å²) in [5.74, 6) is 1.61. The van der Waals surface area contributed by atoms with Crippen LogP contribution in [0.5, 0.6) is 0 Å². The molecule has 0 bridgehead atoms. The number of nitrogens with zero attached hydrogens (tertiary/aromatic N) is 2. The van der Waals surface area contributed by atoms with Gasteiger partial charge in [0.15, 0.2) is 0 Å². The molecule has 4 nitrogen and oxygen atoms in total. The first-order valence-corrected chi connectivity index (χ1v) is 5.90. The fourth-order valence-electron chi connectivity index (χ4n) is 3.47. The van der Waals surface area contributed by atoms with Gasteiger partial charge in [0.25, 0.3) is 0 Å². The van der Waals surface area contributed by atoms with Gasteiger partial charge in [-0.1, -0.05) is 6.92 Å². The molecule has 0 heterocycles. The van der Waals surface area contributed by atoms with E-state index >= 15 is 0 Å². The van der Waals surface area contributed by atoms with Gasteiger partial charge in [-0.25, -0.2) is 19.6 Å². The van der Waals surface area contributed by atoms with E-state index in [4.69, 9.17) is 0 Å². The van der Waals surface area contributed by atoms with Crippen molar-refractivity contribution in [3.05, 3.63) is 0 Å². The molecule has 16 heavy (non-hydrogen) atoms. The van der Waals surface area contributed by atoms with Gasteiger partial charge in [0.2, 0.25) is 12.2 Å². The van der Waals surface area contributed by atoms with Crippen molar-refractivity contribution in [2.45, 2.75) is 44.7 Å². The molecule has 2 fully saturated rings. The van der Waals surface area contributed by atoms with Crippen LogP contribution in [0.2, 0.25) is 0 Å². The van der Waals surface area contributed by atoms with Gasteiger partial charge in [0.05, 0.1) is 12.1 Å². The van der Waals surface area contributed by atoms with Gasteiger partial charge in [0, 0.05) is 0 Å². The molecule has 0 aromatic carbocycles. The van der Waals surface area contributed by atoms with Gasteiger partial charge in [0.1, 0.15) is 0 Å². The Kier molecular flexibility index (Phi) is 3.33. The van der Waals surface area contributed by atoms with Crippen molar-refractivity contribution >= 4 is 12.2 Å². The van der Waals surface area contributed by atoms with Crippen LogP contribution in [0.1, 0.15) is 32.6 Å². The van der Waals surface area contributed by atoms with E-state index in [9.17, 15) is 9.59 Å². The molecular formula is C12H16N2O2. The van der Waals surface area contributed by atoms with E-state index in [0.717, 1.165) is 25.7 Å². The highest BCUT2D eigenvalue weighted by atomic mass is 16.1. The molecule has 0 amide bonds. The fraction of sp³-hybridized carbons (Fsp3) is 0.833. The van der Waals surface area contributed by atoms with Crippen LogP contribution in [-0.4, -0.2) is 24.2 Å². The Morgan fingerprint density at radius 1 is 1.06 bits per heavy atom. The molecule has 0 aromatic rings. The van der Waals surface area contributed by atoms with Gasteiger partial charge in [-0.15, -0.1) is 0 Å². The maximum absolute atomic E-state index is 10.3. The number of hydrogen-bond donors (Lipinski definition) is 0. The molecular weight excluding hydrogens is 204 g/mol. The number of isocyanates is 2. The van der Waals surface area contributed by atoms with Crippen LogP contribution >= 0.6 is 0 Å². The summed E-state index contributed by atoms with van der Waals surface area (Å²) < 4.78 is 0. The summed E-state index contributed by atoms with van der Waals surface area (Å²) in [5, 5.41) is 0. The molecule has 5 unspecified atom stereocenters. The first-order valence-electron chi connectivity index (χ1n) is 5.90. The van der Waals surface area contributed by atoms with Crippen molar-refractivity contribution in [3.8, 4) is 0 Å². The average molecular weight is 220 g/mol. The van der Waals surface area contributed by atoms with Crippen LogP contribution in [0.25, 0.3) is 0 Å². The average Bonchev–Trinajstić information content (AvgIpc) is 2.67. The van der Waals surface area contributed by atoms with Crippen molar-refractivity contribution in [1.29, 1.82) is 0 Å². The third-order valence-electron chi connectivity index (χ3n) is 4.29. The van der Waals surface area contributed by atoms with Crippen LogP contribution in [0, 0.1) is 17.8 Å². The molecule has 0 spiro atoms. The number of hydrogen-bond acceptors (Lipinski definition) is 4. The molecule has 4 heteroatoms. The topological polar surface area (TPSA) is 58.9 Å². The number of rotatable bonds is 2. The first kappa shape index (κ1) is 11.3. The highest BCUT2D eigenvalue weighted by Crippen LogP contribution is 2.47. The second-order valence-corrected chi connectivity index (χ2v) is 4.99. The summed E-state index contributed by atoms with van der Waals surface area (Å²) in [4.78, 5) is 28.3. The van der Waals surface area contributed by atoms with E-state index in [1.54, 1.807) is 12.2 Å². The maximum Gasteiger partial charge on any atom is 0.235 e. The Bertz CT molecular complexity index is 356. The van der Waals surface area contributed by atoms with E-state index in [0.29, 0.717) is 17.8 Å². The predicted molar refractivity (Wildman–Crippen MR) is 58.4 cm³/mol. The lowest BCUT2D eigenvalue weighted by Gasteiger charge is -2.35. The van der Waals surface area contributed by atoms with Gasteiger partial charge in [-0.3, -0.25) is 0 Å². The fourth-order valence-corrected chi connectivity index (χ4v) is 3.47. The molecule has 0 radical (unpaired) electrons. The summed E-state index contributed by atoms with van der Waals surface area (Å²) in [6.07, 6.45) is 7.35. The Labute approximate surface area is 94.9 Å². The highest BCUT2D eigenvalue weighted by Gasteiger charge is 2.43. The Balaban J connectivity index is 2.08. The zero-order chi connectivity index (χ0) is 11.5. The second kappa shape index (κ2) is 4.73. The van der Waals surface area contributed by atoms with Crippen molar-refractivity contribution in [3.63, 3.8) is 0 Å². The molecule has 0 saturated heterocycles. The van der Waals surface area contributed by atoms with Gasteiger partial charge in [-0.05, 0) is 43.4 Å². The lowest BCUT2D eigenvalue weighted by atomic mass is 9.72. The summed E-state index contributed by atoms with van der Waals surface area (Å²) in [6.45, 7) is 2.15. The van der Waals surface area contributed by atoms with Crippen LogP contribution in [0.4, 0.5) is 0 Å². The van der Waals surface area contributed by atoms with Crippen LogP contribution in [0.15, 0.2) is 9.98 Å². The number of fused-ring (bicyclic) bond motifs is 1. The Morgan fingerprint density at radius 3 is 2.50 bits per heavy atom. The monoisotopic (exact) mass is 220 g/mol. The van der Waals surface area contributed by atoms with E-state index in [1.165, 1.54) is 0 Å². The number of carbonyl (C=O) groups excluding carboxylic acids is 2. The second-order valence-electron chi connectivity index (χ2n) is 4.99. The van der Waals surface area contributed by atoms with Gasteiger partial charge >= 0.3 is 0 Å². The minimum absolute atomic E-state index is 0.123. The summed E-state index contributed by atoms with van der Waals surface area (Å²) >= 11 is 0. The zero-order valence-electron chi connectivity index (χ0n) is 9.43. The molecule has 2 aliphatic rings. The normalized spacial score (nSPS) is 41.7. The van der Waals surface area contributed by atoms with E-state index in [1.807, 2.05) is 0 Å². The van der Waals surface area contributed by atoms with Crippen molar-refractivity contribution in [1.82, 2.24) is 0 Å². The van der Waals surface area contributed by atoms with Crippen molar-refractivity contribution in [2.75, 3.05) is 0 Å². The standard InChI is InChI=1S/C12H16N2O2/c1-8-11-5-10(13-6-15)4-9(11)2-3-12(8)14-7-16/h8-12H,2-5H2,1H3. The van der Waals surface area contributed by atoms with Gasteiger partial charge < -0.3 is 0 Å². The Morgan fingerprint density at radius 2 is 1.81 bits per heavy atom. The quantitative estimate of drug-likeness (QED) is 0.526. The lowest BCUT2D eigenvalue weighted by molar-refractivity contribution is 0.171. The number of aliphatic imine (C=N–C) groups is 2. The predicted octanol–water partition coefficient (Wildman–Crippen LogP) is 1.85. The largest absolute Gasteiger partial charge is 0.235 e. The van der Waals surface area contributed by atoms with Crippen molar-refractivity contribution < 1.29 is 9.59 Å².